The third-order valence-electron chi connectivity index (χ3n) is 4.06. The lowest BCUT2D eigenvalue weighted by Gasteiger charge is -2.28. The number of hydrogen-bond donors (Lipinski definition) is 2. The van der Waals surface area contributed by atoms with Gasteiger partial charge in [0.1, 0.15) is 5.82 Å². The summed E-state index contributed by atoms with van der Waals surface area (Å²) >= 11 is 0. The van der Waals surface area contributed by atoms with Crippen molar-refractivity contribution < 1.29 is 9.90 Å². The molecule has 1 fully saturated rings. The summed E-state index contributed by atoms with van der Waals surface area (Å²) in [6.45, 7) is 2.44. The van der Waals surface area contributed by atoms with Gasteiger partial charge in [-0.15, -0.1) is 0 Å². The van der Waals surface area contributed by atoms with E-state index in [1.54, 1.807) is 24.1 Å². The minimum atomic E-state index is -0.727. The van der Waals surface area contributed by atoms with Crippen molar-refractivity contribution in [2.45, 2.75) is 51.0 Å². The van der Waals surface area contributed by atoms with Gasteiger partial charge in [-0.3, -0.25) is 4.79 Å². The quantitative estimate of drug-likeness (QED) is 0.869. The number of aliphatic hydroxyl groups is 1. The summed E-state index contributed by atoms with van der Waals surface area (Å²) in [5.41, 5.74) is 6.45. The fourth-order valence-electron chi connectivity index (χ4n) is 3.04. The molecule has 116 valence electrons. The Bertz CT molecular complexity index is 510. The molecule has 0 saturated heterocycles. The second kappa shape index (κ2) is 6.43. The molecule has 0 bridgehead atoms. The van der Waals surface area contributed by atoms with Crippen molar-refractivity contribution in [1.29, 1.82) is 0 Å². The standard InChI is InChI=1S/C16H25N3O2/c1-3-6-13-9-12(10-14(17)18-13)15(20)19(2)11-16(21)7-4-5-8-16/h9-10,21H,3-8,11H2,1-2H3,(H2,17,18). The third-order valence-corrected chi connectivity index (χ3v) is 4.06. The smallest absolute Gasteiger partial charge is 0.253 e. The van der Waals surface area contributed by atoms with Crippen LogP contribution in [0.3, 0.4) is 0 Å². The van der Waals surface area contributed by atoms with Gasteiger partial charge >= 0.3 is 0 Å². The van der Waals surface area contributed by atoms with Gasteiger partial charge in [0.15, 0.2) is 0 Å². The van der Waals surface area contributed by atoms with E-state index in [1.165, 1.54) is 0 Å². The van der Waals surface area contributed by atoms with E-state index in [2.05, 4.69) is 11.9 Å². The molecule has 1 heterocycles. The van der Waals surface area contributed by atoms with Crippen LogP contribution in [0.4, 0.5) is 5.82 Å². The highest BCUT2D eigenvalue weighted by molar-refractivity contribution is 5.94. The van der Waals surface area contributed by atoms with Crippen LogP contribution in [-0.2, 0) is 6.42 Å². The van der Waals surface area contributed by atoms with Gasteiger partial charge in [-0.25, -0.2) is 4.98 Å². The van der Waals surface area contributed by atoms with Crippen molar-refractivity contribution in [3.05, 3.63) is 23.4 Å². The predicted molar refractivity (Wildman–Crippen MR) is 83.0 cm³/mol. The Morgan fingerprint density at radius 3 is 2.71 bits per heavy atom. The van der Waals surface area contributed by atoms with E-state index in [4.69, 9.17) is 5.73 Å². The number of aromatic nitrogens is 1. The van der Waals surface area contributed by atoms with Crippen molar-refractivity contribution >= 4 is 11.7 Å². The maximum absolute atomic E-state index is 12.5. The van der Waals surface area contributed by atoms with E-state index in [9.17, 15) is 9.90 Å². The molecule has 0 atom stereocenters. The lowest BCUT2D eigenvalue weighted by Crippen LogP contribution is -2.42. The van der Waals surface area contributed by atoms with Crippen molar-refractivity contribution in [2.75, 3.05) is 19.3 Å². The molecule has 0 radical (unpaired) electrons. The second-order valence-corrected chi connectivity index (χ2v) is 6.11. The van der Waals surface area contributed by atoms with Crippen LogP contribution in [0.15, 0.2) is 12.1 Å². The predicted octanol–water partition coefficient (Wildman–Crippen LogP) is 1.99. The van der Waals surface area contributed by atoms with Crippen LogP contribution in [0, 0.1) is 0 Å². The number of nitrogens with zero attached hydrogens (tertiary/aromatic N) is 2. The van der Waals surface area contributed by atoms with Gasteiger partial charge in [-0.2, -0.15) is 0 Å². The number of likely N-dealkylation sites (N-methyl/N-ethyl adjacent to an activating group) is 1. The van der Waals surface area contributed by atoms with Gasteiger partial charge in [-0.1, -0.05) is 26.2 Å². The number of carbonyl (C=O) groups excluding carboxylic acids is 1. The Kier molecular flexibility index (Phi) is 4.83. The zero-order chi connectivity index (χ0) is 15.5. The zero-order valence-electron chi connectivity index (χ0n) is 12.9. The molecule has 1 saturated carbocycles. The molecular weight excluding hydrogens is 266 g/mol. The van der Waals surface area contributed by atoms with Gasteiger partial charge in [0.25, 0.3) is 5.91 Å². The number of aryl methyl sites for hydroxylation is 1. The normalized spacial score (nSPS) is 16.9. The second-order valence-electron chi connectivity index (χ2n) is 6.11. The Hall–Kier alpha value is -1.62. The van der Waals surface area contributed by atoms with Gasteiger partial charge in [0.05, 0.1) is 5.60 Å². The largest absolute Gasteiger partial charge is 0.388 e. The molecule has 0 spiro atoms. The van der Waals surface area contributed by atoms with Crippen LogP contribution >= 0.6 is 0 Å². The summed E-state index contributed by atoms with van der Waals surface area (Å²) < 4.78 is 0. The summed E-state index contributed by atoms with van der Waals surface area (Å²) in [5, 5.41) is 10.4. The number of rotatable bonds is 5. The first kappa shape index (κ1) is 15.8. The summed E-state index contributed by atoms with van der Waals surface area (Å²) in [6, 6.07) is 3.41. The molecule has 1 aromatic rings. The highest BCUT2D eigenvalue weighted by atomic mass is 16.3. The van der Waals surface area contributed by atoms with Crippen LogP contribution in [0.5, 0.6) is 0 Å². The fourth-order valence-corrected chi connectivity index (χ4v) is 3.04. The monoisotopic (exact) mass is 291 g/mol. The maximum Gasteiger partial charge on any atom is 0.253 e. The van der Waals surface area contributed by atoms with Crippen LogP contribution in [0.2, 0.25) is 0 Å². The lowest BCUT2D eigenvalue weighted by atomic mass is 10.0. The highest BCUT2D eigenvalue weighted by Gasteiger charge is 2.33. The molecule has 1 amide bonds. The van der Waals surface area contributed by atoms with E-state index in [0.29, 0.717) is 17.9 Å². The Morgan fingerprint density at radius 2 is 2.10 bits per heavy atom. The number of hydrogen-bond acceptors (Lipinski definition) is 4. The summed E-state index contributed by atoms with van der Waals surface area (Å²) in [4.78, 5) is 18.3. The summed E-state index contributed by atoms with van der Waals surface area (Å²) in [7, 11) is 1.73. The topological polar surface area (TPSA) is 79.5 Å². The SMILES string of the molecule is CCCc1cc(C(=O)N(C)CC2(O)CCCC2)cc(N)n1. The molecule has 0 aromatic carbocycles. The summed E-state index contributed by atoms with van der Waals surface area (Å²) in [6.07, 6.45) is 5.36. The first-order valence-electron chi connectivity index (χ1n) is 7.68. The van der Waals surface area contributed by atoms with Crippen LogP contribution < -0.4 is 5.73 Å². The average Bonchev–Trinajstić information content (AvgIpc) is 2.84. The lowest BCUT2D eigenvalue weighted by molar-refractivity contribution is 0.0157. The highest BCUT2D eigenvalue weighted by Crippen LogP contribution is 2.30. The van der Waals surface area contributed by atoms with E-state index in [-0.39, 0.29) is 5.91 Å². The third kappa shape index (κ3) is 3.94. The number of amides is 1. The van der Waals surface area contributed by atoms with E-state index in [1.807, 2.05) is 0 Å². The van der Waals surface area contributed by atoms with Gasteiger partial charge < -0.3 is 15.7 Å². The molecule has 1 aliphatic carbocycles. The van der Waals surface area contributed by atoms with Gasteiger partial charge in [0, 0.05) is 24.8 Å². The van der Waals surface area contributed by atoms with E-state index in [0.717, 1.165) is 44.2 Å². The molecule has 2 rings (SSSR count). The maximum atomic E-state index is 12.5. The fraction of sp³-hybridized carbons (Fsp3) is 0.625. The Morgan fingerprint density at radius 1 is 1.43 bits per heavy atom. The molecule has 0 aliphatic heterocycles. The Balaban J connectivity index is 2.11. The molecule has 1 aromatic heterocycles. The van der Waals surface area contributed by atoms with E-state index >= 15 is 0 Å². The van der Waals surface area contributed by atoms with Crippen LogP contribution in [-0.4, -0.2) is 40.1 Å². The van der Waals surface area contributed by atoms with Gasteiger partial charge in [-0.05, 0) is 31.4 Å². The molecule has 5 heteroatoms. The molecule has 3 N–H and O–H groups in total. The first-order chi connectivity index (χ1) is 9.93. The van der Waals surface area contributed by atoms with Crippen molar-refractivity contribution in [3.8, 4) is 0 Å². The molecular formula is C16H25N3O2. The van der Waals surface area contributed by atoms with E-state index < -0.39 is 5.60 Å². The van der Waals surface area contributed by atoms with Gasteiger partial charge in [0.2, 0.25) is 0 Å². The number of nitrogens with two attached hydrogens (primary N) is 1. The van der Waals surface area contributed by atoms with Crippen molar-refractivity contribution in [3.63, 3.8) is 0 Å². The zero-order valence-corrected chi connectivity index (χ0v) is 12.9. The molecule has 0 unspecified atom stereocenters. The molecule has 21 heavy (non-hydrogen) atoms. The number of carbonyl (C=O) groups is 1. The molecule has 1 aliphatic rings. The first-order valence-corrected chi connectivity index (χ1v) is 7.68. The summed E-state index contributed by atoms with van der Waals surface area (Å²) in [5.74, 6) is 0.263. The minimum Gasteiger partial charge on any atom is -0.388 e. The number of anilines is 1. The van der Waals surface area contributed by atoms with Crippen molar-refractivity contribution in [2.24, 2.45) is 0 Å². The minimum absolute atomic E-state index is 0.109. The number of nitrogen functional groups attached to an aromatic ring is 1. The van der Waals surface area contributed by atoms with Crippen LogP contribution in [0.25, 0.3) is 0 Å². The molecule has 5 nitrogen and oxygen atoms in total. The number of pyridine rings is 1. The Labute approximate surface area is 126 Å². The average molecular weight is 291 g/mol. The van der Waals surface area contributed by atoms with Crippen LogP contribution in [0.1, 0.15) is 55.1 Å². The van der Waals surface area contributed by atoms with Crippen molar-refractivity contribution in [1.82, 2.24) is 9.88 Å².